The van der Waals surface area contributed by atoms with Gasteiger partial charge in [-0.25, -0.2) is 0 Å². The van der Waals surface area contributed by atoms with E-state index in [4.69, 9.17) is 5.73 Å². The number of nitrogens with two attached hydrogens (primary N) is 1. The molecular weight excluding hydrogens is 250 g/mol. The lowest BCUT2D eigenvalue weighted by molar-refractivity contribution is -0.130. The molecule has 2 aliphatic rings. The van der Waals surface area contributed by atoms with Crippen molar-refractivity contribution in [3.05, 3.63) is 0 Å². The number of primary amides is 1. The minimum atomic E-state index is -1.39. The van der Waals surface area contributed by atoms with Crippen molar-refractivity contribution in [1.82, 2.24) is 10.2 Å². The number of carbonyl (C=O) groups excluding carboxylic acids is 3. The van der Waals surface area contributed by atoms with Gasteiger partial charge < -0.3 is 21.1 Å². The Morgan fingerprint density at radius 3 is 2.74 bits per heavy atom. The Hall–Kier alpha value is -1.63. The highest BCUT2D eigenvalue weighted by molar-refractivity contribution is 5.89. The maximum atomic E-state index is 11.8. The predicted molar refractivity (Wildman–Crippen MR) is 65.6 cm³/mol. The van der Waals surface area contributed by atoms with Crippen LogP contribution in [0.5, 0.6) is 0 Å². The molecule has 1 heterocycles. The maximum Gasteiger partial charge on any atom is 0.248 e. The van der Waals surface area contributed by atoms with E-state index in [2.05, 4.69) is 5.32 Å². The summed E-state index contributed by atoms with van der Waals surface area (Å²) in [5.41, 5.74) is 4.88. The van der Waals surface area contributed by atoms with E-state index in [0.29, 0.717) is 12.5 Å². The fourth-order valence-corrected chi connectivity index (χ4v) is 2.18. The third-order valence-corrected chi connectivity index (χ3v) is 3.56. The second-order valence-corrected chi connectivity index (χ2v) is 5.31. The molecule has 0 aromatic carbocycles. The van der Waals surface area contributed by atoms with Gasteiger partial charge in [0.2, 0.25) is 17.7 Å². The van der Waals surface area contributed by atoms with Gasteiger partial charge in [-0.3, -0.25) is 14.4 Å². The fraction of sp³-hybridized carbons (Fsp3) is 0.750. The summed E-state index contributed by atoms with van der Waals surface area (Å²) < 4.78 is 0. The van der Waals surface area contributed by atoms with Crippen molar-refractivity contribution >= 4 is 17.7 Å². The van der Waals surface area contributed by atoms with Crippen LogP contribution in [0.4, 0.5) is 0 Å². The lowest BCUT2D eigenvalue weighted by Gasteiger charge is -2.16. The van der Waals surface area contributed by atoms with Gasteiger partial charge in [0.05, 0.1) is 12.5 Å². The van der Waals surface area contributed by atoms with Gasteiger partial charge in [-0.2, -0.15) is 0 Å². The molecule has 2 atom stereocenters. The Balaban J connectivity index is 1.77. The molecule has 0 bridgehead atoms. The zero-order valence-electron chi connectivity index (χ0n) is 10.7. The van der Waals surface area contributed by atoms with E-state index in [1.165, 1.54) is 0 Å². The first kappa shape index (κ1) is 13.8. The van der Waals surface area contributed by atoms with E-state index < -0.39 is 17.9 Å². The molecule has 2 fully saturated rings. The van der Waals surface area contributed by atoms with Crippen LogP contribution in [0.15, 0.2) is 0 Å². The second-order valence-electron chi connectivity index (χ2n) is 5.31. The van der Waals surface area contributed by atoms with Crippen LogP contribution < -0.4 is 11.1 Å². The molecule has 106 valence electrons. The Bertz CT molecular complexity index is 394. The third-order valence-electron chi connectivity index (χ3n) is 3.56. The normalized spacial score (nSPS) is 24.4. The lowest BCUT2D eigenvalue weighted by atomic mass is 10.1. The van der Waals surface area contributed by atoms with Crippen molar-refractivity contribution in [2.24, 2.45) is 17.6 Å². The van der Waals surface area contributed by atoms with Crippen molar-refractivity contribution < 1.29 is 19.5 Å². The minimum Gasteiger partial charge on any atom is -0.381 e. The molecule has 0 aromatic heterocycles. The van der Waals surface area contributed by atoms with Crippen LogP contribution in [-0.4, -0.2) is 53.5 Å². The molecule has 0 radical (unpaired) electrons. The molecule has 2 unspecified atom stereocenters. The van der Waals surface area contributed by atoms with Crippen molar-refractivity contribution in [3.8, 4) is 0 Å². The number of hydrogen-bond acceptors (Lipinski definition) is 4. The van der Waals surface area contributed by atoms with Crippen LogP contribution in [0.25, 0.3) is 0 Å². The van der Waals surface area contributed by atoms with Gasteiger partial charge in [-0.1, -0.05) is 0 Å². The van der Waals surface area contributed by atoms with Crippen LogP contribution in [0.2, 0.25) is 0 Å². The highest BCUT2D eigenvalue weighted by Crippen LogP contribution is 2.31. The van der Waals surface area contributed by atoms with Gasteiger partial charge in [0, 0.05) is 19.5 Å². The first-order chi connectivity index (χ1) is 8.97. The fourth-order valence-electron chi connectivity index (χ4n) is 2.18. The van der Waals surface area contributed by atoms with Crippen LogP contribution >= 0.6 is 0 Å². The molecule has 0 spiro atoms. The zero-order valence-corrected chi connectivity index (χ0v) is 10.7. The predicted octanol–water partition coefficient (Wildman–Crippen LogP) is -1.79. The van der Waals surface area contributed by atoms with E-state index in [1.807, 2.05) is 0 Å². The van der Waals surface area contributed by atoms with Gasteiger partial charge >= 0.3 is 0 Å². The topological polar surface area (TPSA) is 113 Å². The molecule has 4 N–H and O–H groups in total. The molecule has 7 heteroatoms. The van der Waals surface area contributed by atoms with E-state index in [1.54, 1.807) is 4.90 Å². The minimum absolute atomic E-state index is 0.00231. The summed E-state index contributed by atoms with van der Waals surface area (Å²) in [5, 5.41) is 11.6. The number of likely N-dealkylation sites (tertiary alicyclic amines) is 1. The average Bonchev–Trinajstić information content (AvgIpc) is 3.09. The van der Waals surface area contributed by atoms with Gasteiger partial charge in [-0.15, -0.1) is 0 Å². The summed E-state index contributed by atoms with van der Waals surface area (Å²) in [6, 6.07) is 0. The number of aliphatic hydroxyl groups is 1. The highest BCUT2D eigenvalue weighted by atomic mass is 16.3. The van der Waals surface area contributed by atoms with Crippen LogP contribution in [0.1, 0.15) is 19.3 Å². The summed E-state index contributed by atoms with van der Waals surface area (Å²) in [5.74, 6) is -0.985. The second kappa shape index (κ2) is 5.56. The van der Waals surface area contributed by atoms with Crippen LogP contribution in [-0.2, 0) is 14.4 Å². The summed E-state index contributed by atoms with van der Waals surface area (Å²) in [6.45, 7) is 0.960. The molecule has 2 rings (SSSR count). The van der Waals surface area contributed by atoms with Crippen molar-refractivity contribution in [2.45, 2.75) is 25.4 Å². The van der Waals surface area contributed by atoms with Gasteiger partial charge in [-0.05, 0) is 18.8 Å². The van der Waals surface area contributed by atoms with Crippen molar-refractivity contribution in [3.63, 3.8) is 0 Å². The van der Waals surface area contributed by atoms with E-state index in [9.17, 15) is 19.5 Å². The molecule has 1 aliphatic heterocycles. The Labute approximate surface area is 111 Å². The number of nitrogens with one attached hydrogen (secondary N) is 1. The number of hydrogen-bond donors (Lipinski definition) is 3. The molecule has 7 nitrogen and oxygen atoms in total. The lowest BCUT2D eigenvalue weighted by Crippen LogP contribution is -2.42. The molecule has 1 aliphatic carbocycles. The summed E-state index contributed by atoms with van der Waals surface area (Å²) in [4.78, 5) is 35.9. The largest absolute Gasteiger partial charge is 0.381 e. The monoisotopic (exact) mass is 269 g/mol. The van der Waals surface area contributed by atoms with Gasteiger partial charge in [0.1, 0.15) is 6.10 Å². The third kappa shape index (κ3) is 3.66. The van der Waals surface area contributed by atoms with Crippen molar-refractivity contribution in [2.75, 3.05) is 19.6 Å². The van der Waals surface area contributed by atoms with Crippen molar-refractivity contribution in [1.29, 1.82) is 0 Å². The number of aliphatic hydroxyl groups excluding tert-OH is 1. The highest BCUT2D eigenvalue weighted by Gasteiger charge is 2.37. The Kier molecular flexibility index (Phi) is 4.04. The Morgan fingerprint density at radius 2 is 2.16 bits per heavy atom. The SMILES string of the molecule is NC(=O)C(O)CNC(=O)C1CC(=O)N(CC2CC2)C1. The number of rotatable bonds is 6. The van der Waals surface area contributed by atoms with E-state index in [0.717, 1.165) is 19.4 Å². The van der Waals surface area contributed by atoms with E-state index >= 15 is 0 Å². The first-order valence-corrected chi connectivity index (χ1v) is 6.50. The van der Waals surface area contributed by atoms with Crippen LogP contribution in [0, 0.1) is 11.8 Å². The summed E-state index contributed by atoms with van der Waals surface area (Å²) >= 11 is 0. The average molecular weight is 269 g/mol. The molecular formula is C12H19N3O4. The Morgan fingerprint density at radius 1 is 1.47 bits per heavy atom. The number of amides is 3. The molecule has 0 aromatic rings. The van der Waals surface area contributed by atoms with Gasteiger partial charge in [0.25, 0.3) is 0 Å². The summed E-state index contributed by atoms with van der Waals surface area (Å²) in [7, 11) is 0. The summed E-state index contributed by atoms with van der Waals surface area (Å²) in [6.07, 6.45) is 1.13. The molecule has 19 heavy (non-hydrogen) atoms. The molecule has 1 saturated carbocycles. The molecule has 1 saturated heterocycles. The number of carbonyl (C=O) groups is 3. The van der Waals surface area contributed by atoms with E-state index in [-0.39, 0.29) is 24.8 Å². The standard InChI is InChI=1S/C12H19N3O4/c13-11(18)9(16)4-14-12(19)8-3-10(17)15(6-8)5-7-1-2-7/h7-9,16H,1-6H2,(H2,13,18)(H,14,19). The van der Waals surface area contributed by atoms with Gasteiger partial charge in [0.15, 0.2) is 0 Å². The first-order valence-electron chi connectivity index (χ1n) is 6.50. The maximum absolute atomic E-state index is 11.8. The smallest absolute Gasteiger partial charge is 0.248 e. The quantitative estimate of drug-likeness (QED) is 0.528. The zero-order chi connectivity index (χ0) is 14.0. The molecule has 3 amide bonds. The van der Waals surface area contributed by atoms with Crippen LogP contribution in [0.3, 0.4) is 0 Å². The number of nitrogens with zero attached hydrogens (tertiary/aromatic N) is 1.